The topological polar surface area (TPSA) is 57.3 Å². The number of nitrogens with zero attached hydrogens (tertiary/aromatic N) is 3. The van der Waals surface area contributed by atoms with Crippen LogP contribution in [0.2, 0.25) is 0 Å². The second-order valence-corrected chi connectivity index (χ2v) is 5.87. The predicted molar refractivity (Wildman–Crippen MR) is 102 cm³/mol. The third-order valence-corrected chi connectivity index (χ3v) is 3.71. The van der Waals surface area contributed by atoms with E-state index in [0.29, 0.717) is 11.3 Å². The molecular weight excluding hydrogens is 310 g/mol. The van der Waals surface area contributed by atoms with Gasteiger partial charge in [0, 0.05) is 11.8 Å². The highest BCUT2D eigenvalue weighted by Crippen LogP contribution is 2.25. The maximum absolute atomic E-state index is 10.0. The molecule has 0 radical (unpaired) electrons. The van der Waals surface area contributed by atoms with Gasteiger partial charge in [0.05, 0.1) is 17.1 Å². The maximum atomic E-state index is 10.0. The van der Waals surface area contributed by atoms with Crippen LogP contribution in [0.25, 0.3) is 0 Å². The summed E-state index contributed by atoms with van der Waals surface area (Å²) in [5, 5.41) is 18.5. The Kier molecular flexibility index (Phi) is 5.00. The van der Waals surface area contributed by atoms with Gasteiger partial charge in [-0.1, -0.05) is 35.4 Å². The third kappa shape index (κ3) is 4.61. The van der Waals surface area contributed by atoms with Crippen molar-refractivity contribution in [2.45, 2.75) is 13.8 Å². The lowest BCUT2D eigenvalue weighted by molar-refractivity contribution is 0.474. The number of phenols is 1. The van der Waals surface area contributed by atoms with E-state index < -0.39 is 0 Å². The lowest BCUT2D eigenvalue weighted by Crippen LogP contribution is -1.82. The van der Waals surface area contributed by atoms with E-state index in [1.807, 2.05) is 62.4 Å². The summed E-state index contributed by atoms with van der Waals surface area (Å²) in [5.41, 5.74) is 5.23. The van der Waals surface area contributed by atoms with Crippen LogP contribution in [0.1, 0.15) is 16.7 Å². The Bertz CT molecular complexity index is 911. The van der Waals surface area contributed by atoms with E-state index in [2.05, 4.69) is 15.2 Å². The Hall–Kier alpha value is -3.27. The van der Waals surface area contributed by atoms with Gasteiger partial charge in [0.25, 0.3) is 0 Å². The molecule has 0 amide bonds. The van der Waals surface area contributed by atoms with Crippen LogP contribution < -0.4 is 0 Å². The molecule has 0 aliphatic carbocycles. The van der Waals surface area contributed by atoms with Crippen LogP contribution in [0.5, 0.6) is 5.75 Å². The molecule has 4 heteroatoms. The van der Waals surface area contributed by atoms with Crippen molar-refractivity contribution in [1.29, 1.82) is 0 Å². The van der Waals surface area contributed by atoms with Gasteiger partial charge in [-0.15, -0.1) is 0 Å². The van der Waals surface area contributed by atoms with Crippen molar-refractivity contribution in [3.05, 3.63) is 83.4 Å². The molecule has 3 aromatic rings. The van der Waals surface area contributed by atoms with Crippen LogP contribution in [0.4, 0.5) is 17.1 Å². The average Bonchev–Trinajstić information content (AvgIpc) is 2.62. The van der Waals surface area contributed by atoms with Gasteiger partial charge in [0.1, 0.15) is 5.75 Å². The summed E-state index contributed by atoms with van der Waals surface area (Å²) in [6, 6.07) is 20.7. The molecule has 124 valence electrons. The third-order valence-electron chi connectivity index (χ3n) is 3.71. The van der Waals surface area contributed by atoms with Crippen molar-refractivity contribution in [3.63, 3.8) is 0 Å². The molecule has 0 spiro atoms. The molecule has 0 saturated carbocycles. The second kappa shape index (κ2) is 7.53. The van der Waals surface area contributed by atoms with Gasteiger partial charge in [-0.2, -0.15) is 10.2 Å². The Morgan fingerprint density at radius 2 is 1.20 bits per heavy atom. The van der Waals surface area contributed by atoms with Gasteiger partial charge in [0.15, 0.2) is 0 Å². The smallest absolute Gasteiger partial charge is 0.124 e. The lowest BCUT2D eigenvalue weighted by atomic mass is 10.2. The molecule has 0 saturated heterocycles. The SMILES string of the molecule is Cc1ccc(N=Cc2cc(N=Nc3ccc(C)cc3)ccc2O)cc1. The zero-order valence-corrected chi connectivity index (χ0v) is 14.2. The normalized spacial score (nSPS) is 11.4. The maximum Gasteiger partial charge on any atom is 0.124 e. The number of hydrogen-bond acceptors (Lipinski definition) is 4. The van der Waals surface area contributed by atoms with Crippen molar-refractivity contribution in [2.24, 2.45) is 15.2 Å². The van der Waals surface area contributed by atoms with Crippen molar-refractivity contribution >= 4 is 23.3 Å². The standard InChI is InChI=1S/C21H19N3O/c1-15-3-7-18(8-4-15)22-14-17-13-20(11-12-21(17)25)24-23-19-9-5-16(2)6-10-19/h3-14,25H,1-2H3. The molecule has 1 N–H and O–H groups in total. The van der Waals surface area contributed by atoms with Gasteiger partial charge in [-0.25, -0.2) is 0 Å². The van der Waals surface area contributed by atoms with Crippen LogP contribution in [0.15, 0.2) is 82.0 Å². The van der Waals surface area contributed by atoms with Crippen molar-refractivity contribution in [3.8, 4) is 5.75 Å². The Morgan fingerprint density at radius 1 is 0.680 bits per heavy atom. The van der Waals surface area contributed by atoms with Crippen LogP contribution in [0, 0.1) is 13.8 Å². The molecule has 0 aromatic heterocycles. The van der Waals surface area contributed by atoms with Gasteiger partial charge >= 0.3 is 0 Å². The number of benzene rings is 3. The first kappa shape index (κ1) is 16.6. The lowest BCUT2D eigenvalue weighted by Gasteiger charge is -2.01. The van der Waals surface area contributed by atoms with E-state index in [-0.39, 0.29) is 5.75 Å². The fourth-order valence-corrected chi connectivity index (χ4v) is 2.21. The van der Waals surface area contributed by atoms with E-state index in [9.17, 15) is 5.11 Å². The predicted octanol–water partition coefficient (Wildman–Crippen LogP) is 6.18. The van der Waals surface area contributed by atoms with Gasteiger partial charge in [-0.3, -0.25) is 4.99 Å². The fourth-order valence-electron chi connectivity index (χ4n) is 2.21. The minimum atomic E-state index is 0.158. The highest BCUT2D eigenvalue weighted by Gasteiger charge is 2.01. The number of aryl methyl sites for hydroxylation is 2. The molecule has 0 aliphatic rings. The van der Waals surface area contributed by atoms with E-state index >= 15 is 0 Å². The summed E-state index contributed by atoms with van der Waals surface area (Å²) in [6.07, 6.45) is 1.63. The second-order valence-electron chi connectivity index (χ2n) is 5.87. The number of aromatic hydroxyl groups is 1. The summed E-state index contributed by atoms with van der Waals surface area (Å²) >= 11 is 0. The molecule has 0 atom stereocenters. The van der Waals surface area contributed by atoms with Crippen LogP contribution in [-0.2, 0) is 0 Å². The molecule has 0 bridgehead atoms. The minimum Gasteiger partial charge on any atom is -0.507 e. The van der Waals surface area contributed by atoms with Crippen LogP contribution >= 0.6 is 0 Å². The summed E-state index contributed by atoms with van der Waals surface area (Å²) in [7, 11) is 0. The zero-order chi connectivity index (χ0) is 17.6. The van der Waals surface area contributed by atoms with Crippen molar-refractivity contribution in [1.82, 2.24) is 0 Å². The molecule has 0 heterocycles. The average molecular weight is 329 g/mol. The van der Waals surface area contributed by atoms with Crippen LogP contribution in [0.3, 0.4) is 0 Å². The number of aliphatic imine (C=N–C) groups is 1. The highest BCUT2D eigenvalue weighted by atomic mass is 16.3. The molecule has 4 nitrogen and oxygen atoms in total. The van der Waals surface area contributed by atoms with Gasteiger partial charge < -0.3 is 5.11 Å². The molecule has 0 unspecified atom stereocenters. The Morgan fingerprint density at radius 3 is 1.84 bits per heavy atom. The van der Waals surface area contributed by atoms with Gasteiger partial charge in [0.2, 0.25) is 0 Å². The summed E-state index contributed by atoms with van der Waals surface area (Å²) in [5.74, 6) is 0.158. The first-order chi connectivity index (χ1) is 12.1. The summed E-state index contributed by atoms with van der Waals surface area (Å²) < 4.78 is 0. The quantitative estimate of drug-likeness (QED) is 0.451. The zero-order valence-electron chi connectivity index (χ0n) is 14.2. The highest BCUT2D eigenvalue weighted by molar-refractivity contribution is 5.86. The van der Waals surface area contributed by atoms with Gasteiger partial charge in [-0.05, 0) is 56.3 Å². The number of azo groups is 1. The minimum absolute atomic E-state index is 0.158. The van der Waals surface area contributed by atoms with Crippen molar-refractivity contribution < 1.29 is 5.11 Å². The monoisotopic (exact) mass is 329 g/mol. The molecular formula is C21H19N3O. The van der Waals surface area contributed by atoms with Crippen LogP contribution in [-0.4, -0.2) is 11.3 Å². The van der Waals surface area contributed by atoms with E-state index in [4.69, 9.17) is 0 Å². The molecule has 25 heavy (non-hydrogen) atoms. The number of phenolic OH excluding ortho intramolecular Hbond substituents is 1. The molecule has 3 aromatic carbocycles. The summed E-state index contributed by atoms with van der Waals surface area (Å²) in [4.78, 5) is 4.39. The molecule has 0 fully saturated rings. The Balaban J connectivity index is 1.80. The fraction of sp³-hybridized carbons (Fsp3) is 0.0952. The molecule has 3 rings (SSSR count). The Labute approximate surface area is 147 Å². The largest absolute Gasteiger partial charge is 0.507 e. The van der Waals surface area contributed by atoms with E-state index in [1.165, 1.54) is 11.1 Å². The van der Waals surface area contributed by atoms with E-state index in [1.54, 1.807) is 24.4 Å². The first-order valence-electron chi connectivity index (χ1n) is 8.02. The number of hydrogen-bond donors (Lipinski definition) is 1. The number of rotatable bonds is 4. The molecule has 0 aliphatic heterocycles. The summed E-state index contributed by atoms with van der Waals surface area (Å²) in [6.45, 7) is 4.06. The first-order valence-corrected chi connectivity index (χ1v) is 8.02. The van der Waals surface area contributed by atoms with Crippen molar-refractivity contribution in [2.75, 3.05) is 0 Å². The van der Waals surface area contributed by atoms with E-state index in [0.717, 1.165) is 11.4 Å².